The molecule has 0 aromatic rings. The van der Waals surface area contributed by atoms with Gasteiger partial charge in [-0.05, 0) is 64.2 Å². The second-order valence-corrected chi connectivity index (χ2v) is 18.1. The van der Waals surface area contributed by atoms with Gasteiger partial charge in [-0.3, -0.25) is 18.6 Å². The molecule has 10 heteroatoms. The predicted molar refractivity (Wildman–Crippen MR) is 266 cm³/mol. The minimum absolute atomic E-state index is 0.0519. The lowest BCUT2D eigenvalue weighted by Gasteiger charge is -2.19. The minimum Gasteiger partial charge on any atom is -0.462 e. The molecule has 0 fully saturated rings. The fourth-order valence-electron chi connectivity index (χ4n) is 6.87. The molecule has 2 unspecified atom stereocenters. The lowest BCUT2D eigenvalue weighted by atomic mass is 10.0. The maximum atomic E-state index is 12.6. The zero-order valence-electron chi connectivity index (χ0n) is 40.3. The van der Waals surface area contributed by atoms with Gasteiger partial charge in [0.05, 0.1) is 13.2 Å². The minimum atomic E-state index is -4.38. The van der Waals surface area contributed by atoms with Crippen molar-refractivity contribution >= 4 is 19.8 Å². The van der Waals surface area contributed by atoms with E-state index in [2.05, 4.69) is 86.8 Å². The van der Waals surface area contributed by atoms with E-state index in [9.17, 15) is 19.0 Å². The molecule has 364 valence electrons. The van der Waals surface area contributed by atoms with Crippen molar-refractivity contribution < 1.29 is 37.6 Å². The summed E-state index contributed by atoms with van der Waals surface area (Å²) in [7, 11) is -4.38. The first-order valence-electron chi connectivity index (χ1n) is 25.4. The van der Waals surface area contributed by atoms with Crippen LogP contribution in [0, 0.1) is 0 Å². The first-order valence-corrected chi connectivity index (χ1v) is 26.9. The summed E-state index contributed by atoms with van der Waals surface area (Å²) < 4.78 is 32.8. The Balaban J connectivity index is 3.95. The van der Waals surface area contributed by atoms with Gasteiger partial charge in [-0.1, -0.05) is 215 Å². The Kier molecular flexibility index (Phi) is 46.9. The molecule has 9 nitrogen and oxygen atoms in total. The second kappa shape index (κ2) is 48.9. The Bertz CT molecular complexity index is 1260. The Hall–Kier alpha value is -2.55. The highest BCUT2D eigenvalue weighted by Gasteiger charge is 2.26. The predicted octanol–water partition coefficient (Wildman–Crippen LogP) is 15.4. The van der Waals surface area contributed by atoms with Crippen molar-refractivity contribution in [3.05, 3.63) is 72.9 Å². The molecule has 0 amide bonds. The monoisotopic (exact) mass is 904 g/mol. The van der Waals surface area contributed by atoms with Crippen LogP contribution in [0.2, 0.25) is 0 Å². The largest absolute Gasteiger partial charge is 0.472 e. The molecule has 0 saturated heterocycles. The van der Waals surface area contributed by atoms with E-state index in [1.165, 1.54) is 109 Å². The molecule has 0 aliphatic rings. The van der Waals surface area contributed by atoms with E-state index in [1.807, 2.05) is 0 Å². The van der Waals surface area contributed by atoms with Crippen LogP contribution in [0.1, 0.15) is 219 Å². The molecule has 0 radical (unpaired) electrons. The third kappa shape index (κ3) is 48.7. The van der Waals surface area contributed by atoms with Crippen molar-refractivity contribution in [2.24, 2.45) is 5.73 Å². The third-order valence-electron chi connectivity index (χ3n) is 10.6. The molecule has 63 heavy (non-hydrogen) atoms. The van der Waals surface area contributed by atoms with E-state index in [0.29, 0.717) is 6.42 Å². The Labute approximate surface area is 386 Å². The Morgan fingerprint density at radius 3 is 1.30 bits per heavy atom. The number of allylic oxidation sites excluding steroid dienone is 12. The highest BCUT2D eigenvalue weighted by atomic mass is 31.2. The number of carbonyl (C=O) groups is 2. The number of hydrogen-bond acceptors (Lipinski definition) is 8. The average Bonchev–Trinajstić information content (AvgIpc) is 3.27. The van der Waals surface area contributed by atoms with Crippen LogP contribution in [-0.4, -0.2) is 49.3 Å². The van der Waals surface area contributed by atoms with E-state index in [4.69, 9.17) is 24.3 Å². The lowest BCUT2D eigenvalue weighted by Crippen LogP contribution is -2.29. The number of phosphoric acid groups is 1. The molecule has 0 aliphatic carbocycles. The first kappa shape index (κ1) is 60.5. The molecule has 0 aromatic heterocycles. The number of rotatable bonds is 47. The average molecular weight is 904 g/mol. The van der Waals surface area contributed by atoms with E-state index in [0.717, 1.165) is 77.0 Å². The van der Waals surface area contributed by atoms with Crippen LogP contribution in [0.25, 0.3) is 0 Å². The molecule has 0 aromatic carbocycles. The summed E-state index contributed by atoms with van der Waals surface area (Å²) in [6.45, 7) is 3.62. The quantitative estimate of drug-likeness (QED) is 0.0265. The molecular formula is C53H94NO8P. The van der Waals surface area contributed by atoms with E-state index in [1.54, 1.807) is 0 Å². The standard InChI is InChI=1S/C53H94NO8P/c1-3-5-7-9-11-13-15-16-17-18-19-20-21-22-23-24-25-26-27-28-29-30-31-32-33-34-36-38-40-42-44-46-53(56)62-51(50-61-63(57,58)60-48-47-54)49-59-52(55)45-43-41-39-37-35-14-12-10-8-6-4-2/h5,7,11,13,16-17,19-20,22-23,25-26,51H,3-4,6,8-10,12,14-15,18,21,24,27-50,54H2,1-2H3,(H,57,58)/b7-5-,13-11-,17-16-,20-19-,23-22-,26-25-. The zero-order valence-corrected chi connectivity index (χ0v) is 41.2. The van der Waals surface area contributed by atoms with Crippen LogP contribution < -0.4 is 5.73 Å². The molecule has 0 saturated carbocycles. The molecule has 0 aliphatic heterocycles. The van der Waals surface area contributed by atoms with Gasteiger partial charge in [-0.25, -0.2) is 4.57 Å². The fourth-order valence-corrected chi connectivity index (χ4v) is 7.64. The van der Waals surface area contributed by atoms with Crippen LogP contribution in [0.5, 0.6) is 0 Å². The molecule has 0 bridgehead atoms. The SMILES string of the molecule is CC/C=C\C/C=C\C/C=C\C/C=C\C/C=C\C/C=C\CCCCCCCCCCCCCCC(=O)OC(COC(=O)CCCCCCCCCCCCC)COP(=O)(O)OCCN. The highest BCUT2D eigenvalue weighted by Crippen LogP contribution is 2.43. The highest BCUT2D eigenvalue weighted by molar-refractivity contribution is 7.47. The van der Waals surface area contributed by atoms with Gasteiger partial charge >= 0.3 is 19.8 Å². The molecule has 0 heterocycles. The number of ether oxygens (including phenoxy) is 2. The summed E-state index contributed by atoms with van der Waals surface area (Å²) in [6, 6.07) is 0. The summed E-state index contributed by atoms with van der Waals surface area (Å²) in [4.78, 5) is 34.9. The summed E-state index contributed by atoms with van der Waals surface area (Å²) in [6.07, 6.45) is 60.9. The van der Waals surface area contributed by atoms with Crippen LogP contribution in [0.15, 0.2) is 72.9 Å². The number of esters is 2. The summed E-state index contributed by atoms with van der Waals surface area (Å²) in [5.41, 5.74) is 5.36. The van der Waals surface area contributed by atoms with Crippen molar-refractivity contribution in [3.63, 3.8) is 0 Å². The maximum Gasteiger partial charge on any atom is 0.472 e. The molecular weight excluding hydrogens is 810 g/mol. The second-order valence-electron chi connectivity index (χ2n) is 16.7. The van der Waals surface area contributed by atoms with E-state index >= 15 is 0 Å². The smallest absolute Gasteiger partial charge is 0.462 e. The molecule has 0 rings (SSSR count). The normalized spacial score (nSPS) is 13.8. The molecule has 3 N–H and O–H groups in total. The van der Waals surface area contributed by atoms with Gasteiger partial charge < -0.3 is 20.1 Å². The van der Waals surface area contributed by atoms with Gasteiger partial charge in [-0.15, -0.1) is 0 Å². The van der Waals surface area contributed by atoms with Crippen molar-refractivity contribution in [2.75, 3.05) is 26.4 Å². The summed E-state index contributed by atoms with van der Waals surface area (Å²) >= 11 is 0. The van der Waals surface area contributed by atoms with Crippen molar-refractivity contribution in [1.29, 1.82) is 0 Å². The number of unbranched alkanes of at least 4 members (excludes halogenated alkanes) is 22. The van der Waals surface area contributed by atoms with Gasteiger partial charge in [-0.2, -0.15) is 0 Å². The van der Waals surface area contributed by atoms with Gasteiger partial charge in [0.2, 0.25) is 0 Å². The maximum absolute atomic E-state index is 12.6. The van der Waals surface area contributed by atoms with Crippen molar-refractivity contribution in [2.45, 2.75) is 225 Å². The number of hydrogen-bond donors (Lipinski definition) is 2. The van der Waals surface area contributed by atoms with Gasteiger partial charge in [0.15, 0.2) is 6.10 Å². The van der Waals surface area contributed by atoms with Crippen LogP contribution in [0.3, 0.4) is 0 Å². The van der Waals surface area contributed by atoms with Crippen LogP contribution >= 0.6 is 7.82 Å². The number of phosphoric ester groups is 1. The van der Waals surface area contributed by atoms with Crippen LogP contribution in [0.4, 0.5) is 0 Å². The summed E-state index contributed by atoms with van der Waals surface area (Å²) in [5.74, 6) is -0.829. The molecule has 2 atom stereocenters. The summed E-state index contributed by atoms with van der Waals surface area (Å²) in [5, 5.41) is 0. The van der Waals surface area contributed by atoms with Crippen LogP contribution in [-0.2, 0) is 32.7 Å². The number of nitrogens with two attached hydrogens (primary N) is 1. The van der Waals surface area contributed by atoms with Gasteiger partial charge in [0.25, 0.3) is 0 Å². The first-order chi connectivity index (χ1) is 30.8. The lowest BCUT2D eigenvalue weighted by molar-refractivity contribution is -0.161. The van der Waals surface area contributed by atoms with E-state index in [-0.39, 0.29) is 38.6 Å². The third-order valence-corrected chi connectivity index (χ3v) is 11.6. The fraction of sp³-hybridized carbons (Fsp3) is 0.736. The van der Waals surface area contributed by atoms with Crippen molar-refractivity contribution in [1.82, 2.24) is 0 Å². The van der Waals surface area contributed by atoms with Gasteiger partial charge in [0.1, 0.15) is 6.61 Å². The topological polar surface area (TPSA) is 134 Å². The Morgan fingerprint density at radius 1 is 0.492 bits per heavy atom. The van der Waals surface area contributed by atoms with Gasteiger partial charge in [0, 0.05) is 19.4 Å². The Morgan fingerprint density at radius 2 is 0.873 bits per heavy atom. The van der Waals surface area contributed by atoms with E-state index < -0.39 is 26.5 Å². The van der Waals surface area contributed by atoms with Crippen molar-refractivity contribution in [3.8, 4) is 0 Å². The number of carbonyl (C=O) groups excluding carboxylic acids is 2. The zero-order chi connectivity index (χ0) is 46.0. The molecule has 0 spiro atoms.